The number of unbranched alkanes of at least 4 members (excludes halogenated alkanes) is 4. The molecule has 8 heteroatoms. The summed E-state index contributed by atoms with van der Waals surface area (Å²) in [5.41, 5.74) is 1.48. The number of anilines is 1. The van der Waals surface area contributed by atoms with Crippen molar-refractivity contribution in [3.63, 3.8) is 0 Å². The van der Waals surface area contributed by atoms with Gasteiger partial charge >= 0.3 is 12.1 Å². The van der Waals surface area contributed by atoms with Gasteiger partial charge in [-0.3, -0.25) is 0 Å². The second-order valence-electron chi connectivity index (χ2n) is 9.76. The monoisotopic (exact) mass is 488 g/mol. The van der Waals surface area contributed by atoms with Crippen LogP contribution in [-0.2, 0) is 13.1 Å². The van der Waals surface area contributed by atoms with Gasteiger partial charge in [-0.15, -0.1) is 0 Å². The second kappa shape index (κ2) is 13.7. The molecule has 0 aliphatic heterocycles. The van der Waals surface area contributed by atoms with Crippen LogP contribution in [0.4, 0.5) is 24.1 Å². The van der Waals surface area contributed by atoms with Crippen LogP contribution in [-0.4, -0.2) is 29.0 Å². The molecule has 0 fully saturated rings. The molecule has 0 bridgehead atoms. The fourth-order valence-corrected chi connectivity index (χ4v) is 3.49. The normalized spacial score (nSPS) is 11.1. The van der Waals surface area contributed by atoms with E-state index in [4.69, 9.17) is 0 Å². The minimum absolute atomic E-state index is 0.0534. The Labute approximate surface area is 207 Å². The van der Waals surface area contributed by atoms with Crippen molar-refractivity contribution in [2.45, 2.75) is 78.4 Å². The Kier molecular flexibility index (Phi) is 11.0. The largest absolute Gasteiger partial charge is 0.334 e. The number of hydrogen-bond acceptors (Lipinski definition) is 2. The van der Waals surface area contributed by atoms with Gasteiger partial charge in [0.05, 0.1) is 5.69 Å². The van der Waals surface area contributed by atoms with Crippen LogP contribution in [0.25, 0.3) is 0 Å². The summed E-state index contributed by atoms with van der Waals surface area (Å²) in [6.07, 6.45) is 5.22. The first kappa shape index (κ1) is 28.1. The topological polar surface area (TPSA) is 73.5 Å². The van der Waals surface area contributed by atoms with E-state index in [9.17, 15) is 18.4 Å². The van der Waals surface area contributed by atoms with E-state index >= 15 is 0 Å². The summed E-state index contributed by atoms with van der Waals surface area (Å²) in [7, 11) is 0. The number of nitrogens with one attached hydrogen (secondary N) is 3. The van der Waals surface area contributed by atoms with Gasteiger partial charge in [0.2, 0.25) is 0 Å². The highest BCUT2D eigenvalue weighted by Crippen LogP contribution is 2.17. The van der Waals surface area contributed by atoms with Gasteiger partial charge in [-0.1, -0.05) is 56.9 Å². The molecule has 0 aromatic heterocycles. The van der Waals surface area contributed by atoms with Crippen molar-refractivity contribution in [1.82, 2.24) is 15.5 Å². The van der Waals surface area contributed by atoms with Crippen LogP contribution in [0.3, 0.4) is 0 Å². The van der Waals surface area contributed by atoms with E-state index in [2.05, 4.69) is 22.9 Å². The summed E-state index contributed by atoms with van der Waals surface area (Å²) in [4.78, 5) is 26.5. The number of amides is 4. The molecule has 2 aromatic rings. The smallest absolute Gasteiger partial charge is 0.322 e. The van der Waals surface area contributed by atoms with Crippen LogP contribution < -0.4 is 16.0 Å². The number of urea groups is 2. The molecule has 2 rings (SSSR count). The highest BCUT2D eigenvalue weighted by molar-refractivity contribution is 5.89. The molecule has 0 unspecified atom stereocenters. The average Bonchev–Trinajstić information content (AvgIpc) is 2.78. The van der Waals surface area contributed by atoms with E-state index in [0.29, 0.717) is 19.6 Å². The molecule has 192 valence electrons. The molecule has 0 spiro atoms. The van der Waals surface area contributed by atoms with E-state index in [-0.39, 0.29) is 17.3 Å². The van der Waals surface area contributed by atoms with Crippen molar-refractivity contribution in [2.75, 3.05) is 11.9 Å². The number of nitrogens with zero attached hydrogens (tertiary/aromatic N) is 1. The van der Waals surface area contributed by atoms with Crippen LogP contribution in [0.15, 0.2) is 42.5 Å². The van der Waals surface area contributed by atoms with Crippen LogP contribution >= 0.6 is 0 Å². The van der Waals surface area contributed by atoms with Gasteiger partial charge in [-0.05, 0) is 50.5 Å². The first-order chi connectivity index (χ1) is 16.6. The zero-order valence-electron chi connectivity index (χ0n) is 21.2. The number of halogens is 2. The molecular weight excluding hydrogens is 450 g/mol. The third kappa shape index (κ3) is 10.8. The number of rotatable bonds is 11. The number of hydrogen-bond donors (Lipinski definition) is 3. The zero-order valence-corrected chi connectivity index (χ0v) is 21.2. The predicted octanol–water partition coefficient (Wildman–Crippen LogP) is 6.57. The Morgan fingerprint density at radius 2 is 1.57 bits per heavy atom. The van der Waals surface area contributed by atoms with Crippen LogP contribution in [0.5, 0.6) is 0 Å². The van der Waals surface area contributed by atoms with Gasteiger partial charge in [0.15, 0.2) is 0 Å². The van der Waals surface area contributed by atoms with E-state index in [1.165, 1.54) is 6.07 Å². The molecule has 0 saturated carbocycles. The predicted molar refractivity (Wildman–Crippen MR) is 136 cm³/mol. The van der Waals surface area contributed by atoms with Crippen LogP contribution in [0, 0.1) is 11.6 Å². The molecule has 3 N–H and O–H groups in total. The van der Waals surface area contributed by atoms with E-state index in [0.717, 1.165) is 55.4 Å². The second-order valence-corrected chi connectivity index (χ2v) is 9.76. The highest BCUT2D eigenvalue weighted by Gasteiger charge is 2.17. The molecule has 4 amide bonds. The maximum atomic E-state index is 14.0. The lowest BCUT2D eigenvalue weighted by molar-refractivity contribution is 0.207. The van der Waals surface area contributed by atoms with Crippen LogP contribution in [0.1, 0.15) is 70.9 Å². The summed E-state index contributed by atoms with van der Waals surface area (Å²) < 4.78 is 27.3. The summed E-state index contributed by atoms with van der Waals surface area (Å²) >= 11 is 0. The van der Waals surface area contributed by atoms with Crippen molar-refractivity contribution < 1.29 is 18.4 Å². The van der Waals surface area contributed by atoms with Crippen molar-refractivity contribution in [3.8, 4) is 0 Å². The lowest BCUT2D eigenvalue weighted by Gasteiger charge is -2.24. The SMILES string of the molecule is CCCCCCCN(Cc1ccc(CNC(=O)NC(C)(C)C)cc1)C(=O)Nc1ccc(F)cc1F. The third-order valence-electron chi connectivity index (χ3n) is 5.33. The summed E-state index contributed by atoms with van der Waals surface area (Å²) in [6, 6.07) is 10.0. The van der Waals surface area contributed by atoms with Gasteiger partial charge in [-0.2, -0.15) is 0 Å². The van der Waals surface area contributed by atoms with Gasteiger partial charge in [0.1, 0.15) is 11.6 Å². The Hall–Kier alpha value is -3.16. The van der Waals surface area contributed by atoms with Crippen LogP contribution in [0.2, 0.25) is 0 Å². The summed E-state index contributed by atoms with van der Waals surface area (Å²) in [5.74, 6) is -1.51. The minimum atomic E-state index is -0.811. The summed E-state index contributed by atoms with van der Waals surface area (Å²) in [5, 5.41) is 8.24. The molecular formula is C27H38F2N4O2. The molecule has 0 aliphatic rings. The Morgan fingerprint density at radius 3 is 2.20 bits per heavy atom. The van der Waals surface area contributed by atoms with Crippen molar-refractivity contribution in [3.05, 3.63) is 65.2 Å². The molecule has 2 aromatic carbocycles. The first-order valence-corrected chi connectivity index (χ1v) is 12.2. The minimum Gasteiger partial charge on any atom is -0.334 e. The van der Waals surface area contributed by atoms with E-state index < -0.39 is 17.7 Å². The molecule has 6 nitrogen and oxygen atoms in total. The Morgan fingerprint density at radius 1 is 0.914 bits per heavy atom. The highest BCUT2D eigenvalue weighted by atomic mass is 19.1. The Bertz CT molecular complexity index is 959. The molecule has 0 saturated heterocycles. The maximum Gasteiger partial charge on any atom is 0.322 e. The van der Waals surface area contributed by atoms with Crippen molar-refractivity contribution >= 4 is 17.7 Å². The standard InChI is InChI=1S/C27H38F2N4O2/c1-5-6-7-8-9-16-33(26(35)31-24-15-14-22(28)17-23(24)29)19-21-12-10-20(11-13-21)18-30-25(34)32-27(2,3)4/h10-15,17H,5-9,16,18-19H2,1-4H3,(H,31,35)(H2,30,32,34). The van der Waals surface area contributed by atoms with Crippen molar-refractivity contribution in [1.29, 1.82) is 0 Å². The lowest BCUT2D eigenvalue weighted by atomic mass is 10.1. The van der Waals surface area contributed by atoms with Crippen molar-refractivity contribution in [2.24, 2.45) is 0 Å². The molecule has 0 heterocycles. The van der Waals surface area contributed by atoms with Gasteiger partial charge in [0, 0.05) is 31.2 Å². The van der Waals surface area contributed by atoms with Gasteiger partial charge < -0.3 is 20.9 Å². The Balaban J connectivity index is 2.00. The fraction of sp³-hybridized carbons (Fsp3) is 0.481. The number of benzene rings is 2. The molecule has 0 atom stereocenters. The van der Waals surface area contributed by atoms with Gasteiger partial charge in [0.25, 0.3) is 0 Å². The molecule has 0 radical (unpaired) electrons. The van der Waals surface area contributed by atoms with Gasteiger partial charge in [-0.25, -0.2) is 18.4 Å². The number of carbonyl (C=O) groups is 2. The van der Waals surface area contributed by atoms with E-state index in [1.807, 2.05) is 45.0 Å². The maximum absolute atomic E-state index is 14.0. The average molecular weight is 489 g/mol. The third-order valence-corrected chi connectivity index (χ3v) is 5.33. The number of carbonyl (C=O) groups excluding carboxylic acids is 2. The zero-order chi connectivity index (χ0) is 25.8. The van der Waals surface area contributed by atoms with E-state index in [1.54, 1.807) is 4.90 Å². The first-order valence-electron chi connectivity index (χ1n) is 12.2. The fourth-order valence-electron chi connectivity index (χ4n) is 3.49. The lowest BCUT2D eigenvalue weighted by Crippen LogP contribution is -2.46. The summed E-state index contributed by atoms with van der Waals surface area (Å²) in [6.45, 7) is 9.14. The quantitative estimate of drug-likeness (QED) is 0.313. The molecule has 35 heavy (non-hydrogen) atoms. The molecule has 0 aliphatic carbocycles.